The minimum Gasteiger partial charge on any atom is -0.465 e. The number of rotatable bonds is 5. The van der Waals surface area contributed by atoms with Crippen LogP contribution in [0.25, 0.3) is 0 Å². The second kappa shape index (κ2) is 8.30. The number of nitrogens with one attached hydrogen (secondary N) is 1. The molecule has 1 amide bonds. The van der Waals surface area contributed by atoms with E-state index in [1.807, 2.05) is 0 Å². The smallest absolute Gasteiger partial charge is 0.337 e. The van der Waals surface area contributed by atoms with Crippen molar-refractivity contribution in [2.24, 2.45) is 0 Å². The maximum Gasteiger partial charge on any atom is 0.337 e. The van der Waals surface area contributed by atoms with Crippen LogP contribution in [0.15, 0.2) is 42.5 Å². The molecule has 0 unspecified atom stereocenters. The molecule has 0 fully saturated rings. The van der Waals surface area contributed by atoms with Gasteiger partial charge in [0.15, 0.2) is 0 Å². The number of halogens is 1. The summed E-state index contributed by atoms with van der Waals surface area (Å²) in [7, 11) is 2.46. The topological polar surface area (TPSA) is 81.7 Å². The van der Waals surface area contributed by atoms with E-state index in [1.165, 1.54) is 32.4 Å². The first-order chi connectivity index (χ1) is 11.9. The number of carbonyl (C=O) groups is 3. The molecule has 2 rings (SSSR count). The molecular formula is C18H16ClNO5. The second-order valence-corrected chi connectivity index (χ2v) is 5.57. The van der Waals surface area contributed by atoms with E-state index in [4.69, 9.17) is 11.6 Å². The largest absolute Gasteiger partial charge is 0.465 e. The van der Waals surface area contributed by atoms with Crippen LogP contribution >= 0.6 is 11.6 Å². The Kier molecular flexibility index (Phi) is 6.14. The number of hydrogen-bond donors (Lipinski definition) is 1. The van der Waals surface area contributed by atoms with Crippen LogP contribution in [0, 0.1) is 0 Å². The first-order valence-electron chi connectivity index (χ1n) is 7.29. The Bertz CT molecular complexity index is 767. The van der Waals surface area contributed by atoms with E-state index in [0.29, 0.717) is 10.7 Å². The monoisotopic (exact) mass is 361 g/mol. The molecule has 2 aromatic rings. The lowest BCUT2D eigenvalue weighted by Gasteiger charge is -2.10. The van der Waals surface area contributed by atoms with Gasteiger partial charge in [0, 0.05) is 10.7 Å². The van der Waals surface area contributed by atoms with E-state index >= 15 is 0 Å². The molecule has 0 aromatic heterocycles. The molecule has 0 aliphatic carbocycles. The molecule has 130 valence electrons. The molecule has 0 saturated carbocycles. The van der Waals surface area contributed by atoms with E-state index in [0.717, 1.165) is 5.56 Å². The highest BCUT2D eigenvalue weighted by Gasteiger charge is 2.15. The molecule has 0 radical (unpaired) electrons. The van der Waals surface area contributed by atoms with E-state index in [9.17, 15) is 14.4 Å². The number of benzene rings is 2. The van der Waals surface area contributed by atoms with Crippen molar-refractivity contribution in [3.63, 3.8) is 0 Å². The fourth-order valence-corrected chi connectivity index (χ4v) is 2.29. The van der Waals surface area contributed by atoms with Crippen LogP contribution in [0.2, 0.25) is 5.02 Å². The minimum atomic E-state index is -0.626. The lowest BCUT2D eigenvalue weighted by atomic mass is 10.1. The Balaban J connectivity index is 2.21. The molecule has 0 spiro atoms. The highest BCUT2D eigenvalue weighted by atomic mass is 35.5. The van der Waals surface area contributed by atoms with Crippen molar-refractivity contribution in [2.45, 2.75) is 6.42 Å². The number of hydrogen-bond acceptors (Lipinski definition) is 5. The van der Waals surface area contributed by atoms with Crippen LogP contribution in [0.4, 0.5) is 5.69 Å². The van der Waals surface area contributed by atoms with Crippen LogP contribution in [-0.2, 0) is 20.7 Å². The first-order valence-corrected chi connectivity index (χ1v) is 7.66. The number of esters is 2. The van der Waals surface area contributed by atoms with E-state index < -0.39 is 11.9 Å². The van der Waals surface area contributed by atoms with Crippen LogP contribution in [0.3, 0.4) is 0 Å². The van der Waals surface area contributed by atoms with Crippen LogP contribution in [0.5, 0.6) is 0 Å². The van der Waals surface area contributed by atoms with Gasteiger partial charge in [-0.25, -0.2) is 9.59 Å². The minimum absolute atomic E-state index is 0.118. The van der Waals surface area contributed by atoms with Gasteiger partial charge in [0.2, 0.25) is 5.91 Å². The van der Waals surface area contributed by atoms with Gasteiger partial charge >= 0.3 is 11.9 Å². The molecule has 0 heterocycles. The van der Waals surface area contributed by atoms with Gasteiger partial charge in [-0.1, -0.05) is 23.7 Å². The number of methoxy groups -OCH3 is 2. The molecule has 0 aliphatic heterocycles. The Hall–Kier alpha value is -2.86. The van der Waals surface area contributed by atoms with E-state index in [-0.39, 0.29) is 23.5 Å². The zero-order valence-electron chi connectivity index (χ0n) is 13.7. The summed E-state index contributed by atoms with van der Waals surface area (Å²) in [4.78, 5) is 35.7. The summed E-state index contributed by atoms with van der Waals surface area (Å²) in [5, 5.41) is 3.24. The average molecular weight is 362 g/mol. The van der Waals surface area contributed by atoms with Gasteiger partial charge in [0.05, 0.1) is 31.8 Å². The van der Waals surface area contributed by atoms with Crippen molar-refractivity contribution < 1.29 is 23.9 Å². The normalized spacial score (nSPS) is 10.0. The van der Waals surface area contributed by atoms with Crippen LogP contribution < -0.4 is 5.32 Å². The average Bonchev–Trinajstić information content (AvgIpc) is 2.61. The fourth-order valence-electron chi connectivity index (χ4n) is 2.16. The number of anilines is 1. The maximum absolute atomic E-state index is 12.2. The Morgan fingerprint density at radius 2 is 1.44 bits per heavy atom. The lowest BCUT2D eigenvalue weighted by Crippen LogP contribution is -2.16. The molecule has 6 nitrogen and oxygen atoms in total. The molecule has 0 atom stereocenters. The summed E-state index contributed by atoms with van der Waals surface area (Å²) >= 11 is 5.81. The van der Waals surface area contributed by atoms with E-state index in [2.05, 4.69) is 14.8 Å². The molecule has 2 aromatic carbocycles. The summed E-state index contributed by atoms with van der Waals surface area (Å²) in [6.07, 6.45) is 0.118. The third-order valence-electron chi connectivity index (χ3n) is 3.34. The van der Waals surface area contributed by atoms with Gasteiger partial charge in [-0.2, -0.15) is 0 Å². The first kappa shape index (κ1) is 18.5. The molecule has 1 N–H and O–H groups in total. The highest BCUT2D eigenvalue weighted by molar-refractivity contribution is 6.30. The summed E-state index contributed by atoms with van der Waals surface area (Å²) in [5.74, 6) is -1.56. The van der Waals surface area contributed by atoms with Crippen molar-refractivity contribution in [1.82, 2.24) is 0 Å². The van der Waals surface area contributed by atoms with Crippen LogP contribution in [0.1, 0.15) is 26.3 Å². The quantitative estimate of drug-likeness (QED) is 0.827. The molecule has 25 heavy (non-hydrogen) atoms. The van der Waals surface area contributed by atoms with E-state index in [1.54, 1.807) is 24.3 Å². The van der Waals surface area contributed by atoms with Crippen molar-refractivity contribution in [3.8, 4) is 0 Å². The Labute approximate surface area is 149 Å². The SMILES string of the molecule is COC(=O)c1cc(NC(=O)Cc2ccc(Cl)cc2)cc(C(=O)OC)c1. The number of ether oxygens (including phenoxy) is 2. The summed E-state index contributed by atoms with van der Waals surface area (Å²) in [6, 6.07) is 11.1. The van der Waals surface area contributed by atoms with Crippen molar-refractivity contribution in [2.75, 3.05) is 19.5 Å². The van der Waals surface area contributed by atoms with Gasteiger partial charge in [0.1, 0.15) is 0 Å². The van der Waals surface area contributed by atoms with Crippen LogP contribution in [-0.4, -0.2) is 32.1 Å². The van der Waals surface area contributed by atoms with Crippen molar-refractivity contribution in [3.05, 3.63) is 64.2 Å². The molecular weight excluding hydrogens is 346 g/mol. The second-order valence-electron chi connectivity index (χ2n) is 5.13. The van der Waals surface area contributed by atoms with Crippen molar-refractivity contribution in [1.29, 1.82) is 0 Å². The Morgan fingerprint density at radius 3 is 1.92 bits per heavy atom. The van der Waals surface area contributed by atoms with Gasteiger partial charge in [0.25, 0.3) is 0 Å². The standard InChI is InChI=1S/C18H16ClNO5/c1-24-17(22)12-8-13(18(23)25-2)10-15(9-12)20-16(21)7-11-3-5-14(19)6-4-11/h3-6,8-10H,7H2,1-2H3,(H,20,21). The predicted octanol–water partition coefficient (Wildman–Crippen LogP) is 3.09. The van der Waals surface area contributed by atoms with Crippen molar-refractivity contribution >= 4 is 35.1 Å². The van der Waals surface area contributed by atoms with Gasteiger partial charge in [-0.3, -0.25) is 4.79 Å². The molecule has 7 heteroatoms. The third-order valence-corrected chi connectivity index (χ3v) is 3.59. The molecule has 0 aliphatic rings. The number of carbonyl (C=O) groups excluding carboxylic acids is 3. The van der Waals surface area contributed by atoms with Gasteiger partial charge in [-0.15, -0.1) is 0 Å². The maximum atomic E-state index is 12.2. The van der Waals surface area contributed by atoms with Gasteiger partial charge < -0.3 is 14.8 Å². The predicted molar refractivity (Wildman–Crippen MR) is 92.9 cm³/mol. The zero-order valence-corrected chi connectivity index (χ0v) is 14.4. The molecule has 0 saturated heterocycles. The zero-order chi connectivity index (χ0) is 18.4. The summed E-state index contributed by atoms with van der Waals surface area (Å²) in [5.41, 5.74) is 1.33. The fraction of sp³-hybridized carbons (Fsp3) is 0.167. The Morgan fingerprint density at radius 1 is 0.920 bits per heavy atom. The lowest BCUT2D eigenvalue weighted by molar-refractivity contribution is -0.115. The third kappa shape index (κ3) is 5.06. The number of amides is 1. The summed E-state index contributed by atoms with van der Waals surface area (Å²) in [6.45, 7) is 0. The van der Waals surface area contributed by atoms with Gasteiger partial charge in [-0.05, 0) is 35.9 Å². The highest BCUT2D eigenvalue weighted by Crippen LogP contribution is 2.18. The molecule has 0 bridgehead atoms. The summed E-state index contributed by atoms with van der Waals surface area (Å²) < 4.78 is 9.31.